The molecule has 0 atom stereocenters. The predicted octanol–water partition coefficient (Wildman–Crippen LogP) is 5.87. The van der Waals surface area contributed by atoms with E-state index in [1.54, 1.807) is 0 Å². The van der Waals surface area contributed by atoms with Crippen molar-refractivity contribution in [2.45, 2.75) is 50.9 Å². The topological polar surface area (TPSA) is 40.9 Å². The summed E-state index contributed by atoms with van der Waals surface area (Å²) in [6, 6.07) is 18.9. The molecule has 1 fully saturated rings. The van der Waals surface area contributed by atoms with E-state index < -0.39 is 0 Å². The minimum Gasteiger partial charge on any atom is -0.303 e. The zero-order valence-electron chi connectivity index (χ0n) is 14.7. The van der Waals surface area contributed by atoms with Crippen molar-refractivity contribution in [3.63, 3.8) is 0 Å². The van der Waals surface area contributed by atoms with E-state index in [0.29, 0.717) is 11.5 Å². The van der Waals surface area contributed by atoms with E-state index in [2.05, 4.69) is 30.3 Å². The van der Waals surface area contributed by atoms with Gasteiger partial charge in [-0.05, 0) is 72.8 Å². The van der Waals surface area contributed by atoms with Gasteiger partial charge in [-0.3, -0.25) is 0 Å². The quantitative estimate of drug-likeness (QED) is 0.491. The first-order chi connectivity index (χ1) is 12.3. The summed E-state index contributed by atoms with van der Waals surface area (Å²) < 4.78 is 0. The van der Waals surface area contributed by atoms with Crippen LogP contribution in [0.2, 0.25) is 0 Å². The van der Waals surface area contributed by atoms with Crippen LogP contribution in [0.15, 0.2) is 48.5 Å². The van der Waals surface area contributed by atoms with Crippen LogP contribution in [-0.4, -0.2) is 6.29 Å². The summed E-state index contributed by atoms with van der Waals surface area (Å²) >= 11 is 0. The first kappa shape index (κ1) is 17.4. The summed E-state index contributed by atoms with van der Waals surface area (Å²) in [6.07, 6.45) is 9.14. The molecule has 0 heterocycles. The van der Waals surface area contributed by atoms with Crippen molar-refractivity contribution in [3.05, 3.63) is 59.7 Å². The number of nitriles is 1. The van der Waals surface area contributed by atoms with Crippen molar-refractivity contribution in [2.75, 3.05) is 0 Å². The van der Waals surface area contributed by atoms with E-state index in [1.165, 1.54) is 43.2 Å². The molecule has 2 nitrogen and oxygen atoms in total. The molecule has 3 rings (SSSR count). The van der Waals surface area contributed by atoms with Crippen LogP contribution in [-0.2, 0) is 4.79 Å². The Morgan fingerprint density at radius 2 is 1.52 bits per heavy atom. The number of carbonyl (C=O) groups excluding carboxylic acids is 1. The molecule has 2 aromatic rings. The smallest absolute Gasteiger partial charge is 0.119 e. The van der Waals surface area contributed by atoms with Crippen LogP contribution in [0.5, 0.6) is 0 Å². The van der Waals surface area contributed by atoms with Crippen LogP contribution >= 0.6 is 0 Å². The maximum Gasteiger partial charge on any atom is 0.119 e. The molecular formula is C23H25NO. The first-order valence-electron chi connectivity index (χ1n) is 9.34. The number of carbonyl (C=O) groups is 1. The third kappa shape index (κ3) is 4.57. The molecule has 0 spiro atoms. The van der Waals surface area contributed by atoms with E-state index in [4.69, 9.17) is 5.26 Å². The molecule has 25 heavy (non-hydrogen) atoms. The Hall–Kier alpha value is -2.40. The maximum absolute atomic E-state index is 10.4. The van der Waals surface area contributed by atoms with Crippen molar-refractivity contribution in [1.82, 2.24) is 0 Å². The second-order valence-electron chi connectivity index (χ2n) is 7.13. The Labute approximate surface area is 150 Å². The molecule has 1 aliphatic carbocycles. The molecule has 0 radical (unpaired) electrons. The van der Waals surface area contributed by atoms with Crippen molar-refractivity contribution < 1.29 is 4.79 Å². The molecule has 2 aromatic carbocycles. The molecule has 0 amide bonds. The van der Waals surface area contributed by atoms with E-state index in [1.807, 2.05) is 24.3 Å². The summed E-state index contributed by atoms with van der Waals surface area (Å²) in [5.74, 6) is 1.49. The van der Waals surface area contributed by atoms with E-state index in [-0.39, 0.29) is 0 Å². The summed E-state index contributed by atoms with van der Waals surface area (Å²) in [7, 11) is 0. The van der Waals surface area contributed by atoms with Gasteiger partial charge in [0.15, 0.2) is 0 Å². The van der Waals surface area contributed by atoms with Gasteiger partial charge in [0.25, 0.3) is 0 Å². The second kappa shape index (κ2) is 8.62. The molecule has 128 valence electrons. The third-order valence-corrected chi connectivity index (χ3v) is 5.51. The molecule has 0 unspecified atom stereocenters. The number of hydrogen-bond donors (Lipinski definition) is 0. The zero-order valence-corrected chi connectivity index (χ0v) is 14.7. The van der Waals surface area contributed by atoms with Crippen LogP contribution in [0.25, 0.3) is 11.1 Å². The van der Waals surface area contributed by atoms with Crippen LogP contribution in [0, 0.1) is 17.2 Å². The summed E-state index contributed by atoms with van der Waals surface area (Å²) in [5.41, 5.74) is 4.51. The second-order valence-corrected chi connectivity index (χ2v) is 7.13. The van der Waals surface area contributed by atoms with Crippen LogP contribution in [0.3, 0.4) is 0 Å². The molecule has 2 heteroatoms. The highest BCUT2D eigenvalue weighted by Gasteiger charge is 2.22. The van der Waals surface area contributed by atoms with Gasteiger partial charge in [0.2, 0.25) is 0 Å². The zero-order chi connectivity index (χ0) is 17.5. The molecule has 0 aromatic heterocycles. The standard InChI is InChI=1S/C23H25NO/c24-17-19-6-10-21(11-7-19)23-14-12-22(13-15-23)20-8-4-18(5-9-20)3-1-2-16-25/h6-7,10-16,18,20H,1-5,8-9H2/t18-,20-. The fourth-order valence-electron chi connectivity index (χ4n) is 3.96. The fourth-order valence-corrected chi connectivity index (χ4v) is 3.96. The van der Waals surface area contributed by atoms with Gasteiger partial charge >= 0.3 is 0 Å². The lowest BCUT2D eigenvalue weighted by Crippen LogP contribution is -2.13. The third-order valence-electron chi connectivity index (χ3n) is 5.51. The first-order valence-corrected chi connectivity index (χ1v) is 9.34. The Morgan fingerprint density at radius 1 is 0.920 bits per heavy atom. The van der Waals surface area contributed by atoms with Crippen molar-refractivity contribution in [1.29, 1.82) is 5.26 Å². The largest absolute Gasteiger partial charge is 0.303 e. The minimum absolute atomic E-state index is 0.678. The lowest BCUT2D eigenvalue weighted by Gasteiger charge is -2.28. The number of hydrogen-bond acceptors (Lipinski definition) is 2. The van der Waals surface area contributed by atoms with Gasteiger partial charge in [0.05, 0.1) is 11.6 Å². The molecule has 0 aliphatic heterocycles. The Kier molecular flexibility index (Phi) is 6.01. The van der Waals surface area contributed by atoms with E-state index in [0.717, 1.165) is 30.6 Å². The minimum atomic E-state index is 0.678. The van der Waals surface area contributed by atoms with Gasteiger partial charge in [-0.15, -0.1) is 0 Å². The van der Waals surface area contributed by atoms with E-state index in [9.17, 15) is 4.79 Å². The van der Waals surface area contributed by atoms with Gasteiger partial charge in [0.1, 0.15) is 6.29 Å². The SMILES string of the molecule is N#Cc1ccc(-c2ccc([C@H]3CC[C@H](CCCC=O)CC3)cc2)cc1. The molecule has 0 bridgehead atoms. The number of rotatable bonds is 6. The van der Waals surface area contributed by atoms with Crippen molar-refractivity contribution in [3.8, 4) is 17.2 Å². The highest BCUT2D eigenvalue weighted by molar-refractivity contribution is 5.64. The average molecular weight is 331 g/mol. The molecular weight excluding hydrogens is 306 g/mol. The molecule has 0 saturated heterocycles. The predicted molar refractivity (Wildman–Crippen MR) is 101 cm³/mol. The lowest BCUT2D eigenvalue weighted by molar-refractivity contribution is -0.108. The lowest BCUT2D eigenvalue weighted by atomic mass is 9.77. The number of benzene rings is 2. The Balaban J connectivity index is 1.57. The van der Waals surface area contributed by atoms with Crippen LogP contribution in [0.1, 0.15) is 62.0 Å². The number of unbranched alkanes of at least 4 members (excludes halogenated alkanes) is 1. The number of nitrogens with zero attached hydrogens (tertiary/aromatic N) is 1. The maximum atomic E-state index is 10.4. The summed E-state index contributed by atoms with van der Waals surface area (Å²) in [6.45, 7) is 0. The van der Waals surface area contributed by atoms with Crippen LogP contribution in [0.4, 0.5) is 0 Å². The fraction of sp³-hybridized carbons (Fsp3) is 0.391. The molecule has 0 N–H and O–H groups in total. The van der Waals surface area contributed by atoms with Gasteiger partial charge < -0.3 is 4.79 Å². The molecule has 1 saturated carbocycles. The van der Waals surface area contributed by atoms with Gasteiger partial charge in [-0.1, -0.05) is 42.8 Å². The Morgan fingerprint density at radius 3 is 2.08 bits per heavy atom. The van der Waals surface area contributed by atoms with Crippen molar-refractivity contribution >= 4 is 6.29 Å². The summed E-state index contributed by atoms with van der Waals surface area (Å²) in [4.78, 5) is 10.4. The highest BCUT2D eigenvalue weighted by Crippen LogP contribution is 2.38. The van der Waals surface area contributed by atoms with Crippen LogP contribution < -0.4 is 0 Å². The monoisotopic (exact) mass is 331 g/mol. The summed E-state index contributed by atoms with van der Waals surface area (Å²) in [5, 5.41) is 8.89. The molecule has 1 aliphatic rings. The van der Waals surface area contributed by atoms with Gasteiger partial charge in [-0.2, -0.15) is 5.26 Å². The van der Waals surface area contributed by atoms with E-state index >= 15 is 0 Å². The van der Waals surface area contributed by atoms with Gasteiger partial charge in [-0.25, -0.2) is 0 Å². The number of aldehydes is 1. The van der Waals surface area contributed by atoms with Crippen molar-refractivity contribution in [2.24, 2.45) is 5.92 Å². The Bertz CT molecular complexity index is 716. The highest BCUT2D eigenvalue weighted by atomic mass is 16.1. The average Bonchev–Trinajstić information content (AvgIpc) is 2.69. The normalized spacial score (nSPS) is 20.0. The van der Waals surface area contributed by atoms with Gasteiger partial charge in [0, 0.05) is 6.42 Å².